The molecule has 0 amide bonds. The molecule has 2 nitrogen and oxygen atoms in total. The van der Waals surface area contributed by atoms with Gasteiger partial charge in [0.15, 0.2) is 0 Å². The highest BCUT2D eigenvalue weighted by molar-refractivity contribution is 5.75. The number of ether oxygens (including phenoxy) is 1. The average Bonchev–Trinajstić information content (AvgIpc) is 2.10. The van der Waals surface area contributed by atoms with Gasteiger partial charge >= 0.3 is 12.1 Å². The van der Waals surface area contributed by atoms with E-state index in [1.54, 1.807) is 0 Å². The minimum Gasteiger partial charge on any atom is -0.465 e. The van der Waals surface area contributed by atoms with Gasteiger partial charge in [-0.3, -0.25) is 4.79 Å². The summed E-state index contributed by atoms with van der Waals surface area (Å²) in [5.41, 5.74) is -3.03. The fourth-order valence-corrected chi connectivity index (χ4v) is 1.67. The molecule has 17 heavy (non-hydrogen) atoms. The van der Waals surface area contributed by atoms with Crippen LogP contribution in [0.25, 0.3) is 0 Å². The van der Waals surface area contributed by atoms with Crippen molar-refractivity contribution in [1.82, 2.24) is 0 Å². The fourth-order valence-electron chi connectivity index (χ4n) is 1.67. The van der Waals surface area contributed by atoms with Crippen LogP contribution in [0.3, 0.4) is 0 Å². The standard InChI is InChI=1S/C12H21F3O2/c1-6-7-17-9(16)10(2,3)8-11(4,5)12(13,14)15/h6-8H2,1-5H3. The molecule has 0 aromatic heterocycles. The summed E-state index contributed by atoms with van der Waals surface area (Å²) >= 11 is 0. The van der Waals surface area contributed by atoms with Crippen molar-refractivity contribution in [2.24, 2.45) is 10.8 Å². The molecular formula is C12H21F3O2. The Balaban J connectivity index is 4.69. The van der Waals surface area contributed by atoms with Crippen LogP contribution in [0.5, 0.6) is 0 Å². The predicted molar refractivity (Wildman–Crippen MR) is 59.5 cm³/mol. The molecule has 0 heterocycles. The summed E-state index contributed by atoms with van der Waals surface area (Å²) in [6.07, 6.45) is -3.95. The number of alkyl halides is 3. The summed E-state index contributed by atoms with van der Waals surface area (Å²) in [6, 6.07) is 0. The molecule has 0 N–H and O–H groups in total. The Hall–Kier alpha value is -0.740. The normalized spacial score (nSPS) is 13.6. The van der Waals surface area contributed by atoms with Crippen molar-refractivity contribution in [3.63, 3.8) is 0 Å². The summed E-state index contributed by atoms with van der Waals surface area (Å²) in [5.74, 6) is -0.573. The summed E-state index contributed by atoms with van der Waals surface area (Å²) in [4.78, 5) is 11.6. The molecule has 0 radical (unpaired) electrons. The van der Waals surface area contributed by atoms with Crippen molar-refractivity contribution in [3.05, 3.63) is 0 Å². The topological polar surface area (TPSA) is 26.3 Å². The molecule has 0 saturated carbocycles. The lowest BCUT2D eigenvalue weighted by molar-refractivity contribution is -0.222. The quantitative estimate of drug-likeness (QED) is 0.694. The third-order valence-electron chi connectivity index (χ3n) is 2.64. The number of hydrogen-bond donors (Lipinski definition) is 0. The van der Waals surface area contributed by atoms with Gasteiger partial charge < -0.3 is 4.74 Å². The van der Waals surface area contributed by atoms with Crippen LogP contribution in [0, 0.1) is 10.8 Å². The second-order valence-corrected chi connectivity index (χ2v) is 5.58. The highest BCUT2D eigenvalue weighted by Crippen LogP contribution is 2.45. The van der Waals surface area contributed by atoms with Gasteiger partial charge in [0, 0.05) is 0 Å². The monoisotopic (exact) mass is 254 g/mol. The molecule has 0 atom stereocenters. The third kappa shape index (κ3) is 4.56. The summed E-state index contributed by atoms with van der Waals surface area (Å²) in [5, 5.41) is 0. The molecule has 0 fully saturated rings. The SMILES string of the molecule is CCCOC(=O)C(C)(C)CC(C)(C)C(F)(F)F. The molecule has 0 aromatic carbocycles. The van der Waals surface area contributed by atoms with E-state index < -0.39 is 23.0 Å². The van der Waals surface area contributed by atoms with Crippen molar-refractivity contribution >= 4 is 5.97 Å². The zero-order valence-electron chi connectivity index (χ0n) is 11.1. The molecule has 102 valence electrons. The molecule has 0 aromatic rings. The number of esters is 1. The molecule has 0 aliphatic rings. The van der Waals surface area contributed by atoms with Gasteiger partial charge in [-0.1, -0.05) is 20.8 Å². The third-order valence-corrected chi connectivity index (χ3v) is 2.64. The lowest BCUT2D eigenvalue weighted by Crippen LogP contribution is -2.40. The summed E-state index contributed by atoms with van der Waals surface area (Å²) < 4.78 is 43.1. The minimum absolute atomic E-state index is 0.245. The van der Waals surface area contributed by atoms with Crippen LogP contribution in [-0.2, 0) is 9.53 Å². The molecular weight excluding hydrogens is 233 g/mol. The van der Waals surface area contributed by atoms with Crippen LogP contribution in [-0.4, -0.2) is 18.8 Å². The van der Waals surface area contributed by atoms with Gasteiger partial charge in [-0.2, -0.15) is 13.2 Å². The first-order valence-electron chi connectivity index (χ1n) is 5.68. The van der Waals surface area contributed by atoms with E-state index in [-0.39, 0.29) is 13.0 Å². The van der Waals surface area contributed by atoms with E-state index in [1.165, 1.54) is 13.8 Å². The maximum absolute atomic E-state index is 12.7. The van der Waals surface area contributed by atoms with Gasteiger partial charge in [0.25, 0.3) is 0 Å². The van der Waals surface area contributed by atoms with Gasteiger partial charge in [-0.15, -0.1) is 0 Å². The largest absolute Gasteiger partial charge is 0.465 e. The van der Waals surface area contributed by atoms with E-state index >= 15 is 0 Å². The smallest absolute Gasteiger partial charge is 0.394 e. The first kappa shape index (κ1) is 16.3. The van der Waals surface area contributed by atoms with E-state index in [4.69, 9.17) is 4.74 Å². The van der Waals surface area contributed by atoms with Crippen molar-refractivity contribution < 1.29 is 22.7 Å². The molecule has 0 spiro atoms. The lowest BCUT2D eigenvalue weighted by Gasteiger charge is -2.34. The summed E-state index contributed by atoms with van der Waals surface area (Å²) in [6.45, 7) is 7.25. The van der Waals surface area contributed by atoms with Crippen LogP contribution in [0.2, 0.25) is 0 Å². The average molecular weight is 254 g/mol. The Labute approximate surface area is 101 Å². The van der Waals surface area contributed by atoms with Crippen LogP contribution < -0.4 is 0 Å². The second kappa shape index (κ2) is 5.27. The van der Waals surface area contributed by atoms with Crippen molar-refractivity contribution in [2.75, 3.05) is 6.61 Å². The molecule has 0 rings (SSSR count). The number of hydrogen-bond acceptors (Lipinski definition) is 2. The van der Waals surface area contributed by atoms with Gasteiger partial charge in [0.2, 0.25) is 0 Å². The fraction of sp³-hybridized carbons (Fsp3) is 0.917. The Morgan fingerprint density at radius 3 is 1.94 bits per heavy atom. The number of rotatable bonds is 5. The van der Waals surface area contributed by atoms with Crippen LogP contribution in [0.4, 0.5) is 13.2 Å². The van der Waals surface area contributed by atoms with Crippen molar-refractivity contribution in [3.8, 4) is 0 Å². The second-order valence-electron chi connectivity index (χ2n) is 5.58. The Bertz CT molecular complexity index is 267. The minimum atomic E-state index is -4.32. The van der Waals surface area contributed by atoms with E-state index in [1.807, 2.05) is 6.92 Å². The molecule has 0 bridgehead atoms. The Morgan fingerprint density at radius 2 is 1.59 bits per heavy atom. The van der Waals surface area contributed by atoms with Gasteiger partial charge in [0.05, 0.1) is 17.4 Å². The van der Waals surface area contributed by atoms with Gasteiger partial charge in [-0.25, -0.2) is 0 Å². The van der Waals surface area contributed by atoms with E-state index in [0.29, 0.717) is 6.42 Å². The Morgan fingerprint density at radius 1 is 1.12 bits per heavy atom. The van der Waals surface area contributed by atoms with Crippen molar-refractivity contribution in [2.45, 2.75) is 53.6 Å². The maximum Gasteiger partial charge on any atom is 0.394 e. The summed E-state index contributed by atoms with van der Waals surface area (Å²) in [7, 11) is 0. The van der Waals surface area contributed by atoms with Crippen LogP contribution in [0.15, 0.2) is 0 Å². The molecule has 0 aliphatic heterocycles. The predicted octanol–water partition coefficient (Wildman–Crippen LogP) is 3.94. The van der Waals surface area contributed by atoms with Gasteiger partial charge in [-0.05, 0) is 26.7 Å². The zero-order chi connectivity index (χ0) is 13.9. The first-order chi connectivity index (χ1) is 7.44. The van der Waals surface area contributed by atoms with E-state index in [2.05, 4.69) is 0 Å². The highest BCUT2D eigenvalue weighted by Gasteiger charge is 2.51. The number of carbonyl (C=O) groups excluding carboxylic acids is 1. The van der Waals surface area contributed by atoms with E-state index in [0.717, 1.165) is 13.8 Å². The van der Waals surface area contributed by atoms with E-state index in [9.17, 15) is 18.0 Å². The van der Waals surface area contributed by atoms with Crippen LogP contribution >= 0.6 is 0 Å². The number of carbonyl (C=O) groups is 1. The molecule has 0 saturated heterocycles. The highest BCUT2D eigenvalue weighted by atomic mass is 19.4. The molecule has 0 aliphatic carbocycles. The Kier molecular flexibility index (Phi) is 5.04. The van der Waals surface area contributed by atoms with Gasteiger partial charge in [0.1, 0.15) is 0 Å². The zero-order valence-corrected chi connectivity index (χ0v) is 11.1. The number of halogens is 3. The maximum atomic E-state index is 12.7. The van der Waals surface area contributed by atoms with Crippen molar-refractivity contribution in [1.29, 1.82) is 0 Å². The first-order valence-corrected chi connectivity index (χ1v) is 5.68. The molecule has 0 unspecified atom stereocenters. The lowest BCUT2D eigenvalue weighted by atomic mass is 9.74. The molecule has 5 heteroatoms. The van der Waals surface area contributed by atoms with Crippen LogP contribution in [0.1, 0.15) is 47.5 Å².